The summed E-state index contributed by atoms with van der Waals surface area (Å²) in [4.78, 5) is 27.0. The molecule has 2 rings (SSSR count). The second-order valence-corrected chi connectivity index (χ2v) is 9.81. The van der Waals surface area contributed by atoms with Crippen molar-refractivity contribution in [1.82, 2.24) is 10.2 Å². The molecule has 0 aliphatic carbocycles. The van der Waals surface area contributed by atoms with E-state index in [1.807, 2.05) is 0 Å². The molecule has 174 valence electrons. The van der Waals surface area contributed by atoms with Gasteiger partial charge in [-0.3, -0.25) is 13.9 Å². The summed E-state index contributed by atoms with van der Waals surface area (Å²) in [6.07, 6.45) is 0.918. The van der Waals surface area contributed by atoms with Crippen LogP contribution in [0.25, 0.3) is 0 Å². The zero-order valence-corrected chi connectivity index (χ0v) is 20.1. The molecule has 2 aromatic carbocycles. The summed E-state index contributed by atoms with van der Waals surface area (Å²) in [5.74, 6) is -1.70. The maximum absolute atomic E-state index is 13.7. The third kappa shape index (κ3) is 6.82. The normalized spacial score (nSPS) is 12.2. The number of rotatable bonds is 9. The number of carbonyl (C=O) groups is 2. The van der Waals surface area contributed by atoms with E-state index in [1.54, 1.807) is 25.1 Å². The maximum Gasteiger partial charge on any atom is 0.244 e. The Kier molecular flexibility index (Phi) is 8.89. The molecule has 2 amide bonds. The van der Waals surface area contributed by atoms with E-state index in [-0.39, 0.29) is 17.3 Å². The Morgan fingerprint density at radius 3 is 2.38 bits per heavy atom. The number of hydrogen-bond donors (Lipinski definition) is 1. The standard InChI is InChI=1S/C21H24Cl2FN3O4S/c1-4-25-21(29)14(2)26(12-15-8-9-18(22)19(23)10-15)20(28)13-27(32(3,30)31)17-7-5-6-16(24)11-17/h5-11,14H,4,12-13H2,1-3H3,(H,25,29). The fourth-order valence-electron chi connectivity index (χ4n) is 2.98. The Morgan fingerprint density at radius 2 is 1.81 bits per heavy atom. The van der Waals surface area contributed by atoms with Crippen LogP contribution in [0.2, 0.25) is 10.0 Å². The topological polar surface area (TPSA) is 86.8 Å². The number of carbonyl (C=O) groups excluding carboxylic acids is 2. The van der Waals surface area contributed by atoms with Gasteiger partial charge in [0.25, 0.3) is 0 Å². The van der Waals surface area contributed by atoms with Gasteiger partial charge in [-0.2, -0.15) is 0 Å². The van der Waals surface area contributed by atoms with Crippen molar-refractivity contribution < 1.29 is 22.4 Å². The number of likely N-dealkylation sites (N-methyl/N-ethyl adjacent to an activating group) is 1. The summed E-state index contributed by atoms with van der Waals surface area (Å²) in [6, 6.07) is 8.78. The van der Waals surface area contributed by atoms with Crippen LogP contribution in [-0.4, -0.2) is 50.5 Å². The first kappa shape index (κ1) is 25.9. The molecule has 1 N–H and O–H groups in total. The predicted octanol–water partition coefficient (Wildman–Crippen LogP) is 3.45. The molecule has 0 saturated carbocycles. The molecular weight excluding hydrogens is 480 g/mol. The molecule has 1 unspecified atom stereocenters. The summed E-state index contributed by atoms with van der Waals surface area (Å²) in [6.45, 7) is 3.00. The van der Waals surface area contributed by atoms with Crippen LogP contribution in [-0.2, 0) is 26.2 Å². The van der Waals surface area contributed by atoms with Gasteiger partial charge in [-0.1, -0.05) is 35.3 Å². The average molecular weight is 504 g/mol. The molecule has 1 atom stereocenters. The van der Waals surface area contributed by atoms with Crippen molar-refractivity contribution in [2.45, 2.75) is 26.4 Å². The Labute approximate surface area is 197 Å². The second-order valence-electron chi connectivity index (χ2n) is 7.09. The van der Waals surface area contributed by atoms with Crippen LogP contribution in [0.15, 0.2) is 42.5 Å². The van der Waals surface area contributed by atoms with Crippen LogP contribution in [0.4, 0.5) is 10.1 Å². The van der Waals surface area contributed by atoms with Gasteiger partial charge in [0, 0.05) is 13.1 Å². The first-order valence-electron chi connectivity index (χ1n) is 9.68. The number of halogens is 3. The number of nitrogens with one attached hydrogen (secondary N) is 1. The molecule has 0 saturated heterocycles. The minimum absolute atomic E-state index is 0.000926. The largest absolute Gasteiger partial charge is 0.355 e. The van der Waals surface area contributed by atoms with E-state index in [1.165, 1.54) is 30.0 Å². The van der Waals surface area contributed by atoms with Crippen molar-refractivity contribution in [2.24, 2.45) is 0 Å². The van der Waals surface area contributed by atoms with Crippen LogP contribution in [0, 0.1) is 5.82 Å². The molecule has 0 radical (unpaired) electrons. The minimum Gasteiger partial charge on any atom is -0.355 e. The molecule has 32 heavy (non-hydrogen) atoms. The van der Waals surface area contributed by atoms with E-state index in [0.29, 0.717) is 17.1 Å². The molecule has 0 heterocycles. The number of hydrogen-bond acceptors (Lipinski definition) is 4. The molecule has 0 spiro atoms. The fraction of sp³-hybridized carbons (Fsp3) is 0.333. The van der Waals surface area contributed by atoms with Crippen LogP contribution in [0.5, 0.6) is 0 Å². The third-order valence-electron chi connectivity index (χ3n) is 4.63. The molecule has 0 aliphatic rings. The van der Waals surface area contributed by atoms with Crippen LogP contribution < -0.4 is 9.62 Å². The van der Waals surface area contributed by atoms with Gasteiger partial charge >= 0.3 is 0 Å². The van der Waals surface area contributed by atoms with Crippen LogP contribution >= 0.6 is 23.2 Å². The summed E-state index contributed by atoms with van der Waals surface area (Å²) in [5, 5.41) is 3.26. The van der Waals surface area contributed by atoms with Gasteiger partial charge in [0.05, 0.1) is 22.0 Å². The van der Waals surface area contributed by atoms with Crippen molar-refractivity contribution >= 4 is 50.7 Å². The zero-order chi connectivity index (χ0) is 24.1. The summed E-state index contributed by atoms with van der Waals surface area (Å²) < 4.78 is 39.2. The summed E-state index contributed by atoms with van der Waals surface area (Å²) in [7, 11) is -3.92. The predicted molar refractivity (Wildman–Crippen MR) is 124 cm³/mol. The monoisotopic (exact) mass is 503 g/mol. The van der Waals surface area contributed by atoms with Gasteiger partial charge in [-0.15, -0.1) is 0 Å². The van der Waals surface area contributed by atoms with Crippen molar-refractivity contribution in [1.29, 1.82) is 0 Å². The fourth-order valence-corrected chi connectivity index (χ4v) is 4.15. The quantitative estimate of drug-likeness (QED) is 0.567. The van der Waals surface area contributed by atoms with Gasteiger partial charge in [0.15, 0.2) is 0 Å². The summed E-state index contributed by atoms with van der Waals surface area (Å²) >= 11 is 12.0. The van der Waals surface area contributed by atoms with E-state index >= 15 is 0 Å². The van der Waals surface area contributed by atoms with Gasteiger partial charge in [-0.05, 0) is 49.7 Å². The van der Waals surface area contributed by atoms with E-state index < -0.39 is 40.2 Å². The molecule has 0 fully saturated rings. The molecular formula is C21H24Cl2FN3O4S. The van der Waals surface area contributed by atoms with Gasteiger partial charge < -0.3 is 10.2 Å². The van der Waals surface area contributed by atoms with Gasteiger partial charge in [0.2, 0.25) is 21.8 Å². The van der Waals surface area contributed by atoms with Gasteiger partial charge in [0.1, 0.15) is 18.4 Å². The van der Waals surface area contributed by atoms with E-state index in [2.05, 4.69) is 5.32 Å². The highest BCUT2D eigenvalue weighted by Gasteiger charge is 2.30. The smallest absolute Gasteiger partial charge is 0.244 e. The molecule has 0 aliphatic heterocycles. The lowest BCUT2D eigenvalue weighted by Gasteiger charge is -2.31. The Balaban J connectivity index is 2.40. The lowest BCUT2D eigenvalue weighted by Crippen LogP contribution is -2.51. The molecule has 11 heteroatoms. The number of anilines is 1. The zero-order valence-electron chi connectivity index (χ0n) is 17.8. The molecule has 2 aromatic rings. The summed E-state index contributed by atoms with van der Waals surface area (Å²) in [5.41, 5.74) is 0.599. The average Bonchev–Trinajstić information content (AvgIpc) is 2.71. The minimum atomic E-state index is -3.92. The highest BCUT2D eigenvalue weighted by atomic mass is 35.5. The van der Waals surface area contributed by atoms with Crippen LogP contribution in [0.1, 0.15) is 19.4 Å². The highest BCUT2D eigenvalue weighted by Crippen LogP contribution is 2.24. The highest BCUT2D eigenvalue weighted by molar-refractivity contribution is 7.92. The number of amides is 2. The first-order chi connectivity index (χ1) is 14.9. The SMILES string of the molecule is CCNC(=O)C(C)N(Cc1ccc(Cl)c(Cl)c1)C(=O)CN(c1cccc(F)c1)S(C)(=O)=O. The van der Waals surface area contributed by atoms with Crippen molar-refractivity contribution in [2.75, 3.05) is 23.7 Å². The van der Waals surface area contributed by atoms with E-state index in [9.17, 15) is 22.4 Å². The van der Waals surface area contributed by atoms with Crippen molar-refractivity contribution in [3.05, 3.63) is 63.9 Å². The lowest BCUT2D eigenvalue weighted by molar-refractivity contribution is -0.139. The van der Waals surface area contributed by atoms with Crippen molar-refractivity contribution in [3.8, 4) is 0 Å². The Bertz CT molecular complexity index is 1100. The molecule has 7 nitrogen and oxygen atoms in total. The number of nitrogens with zero attached hydrogens (tertiary/aromatic N) is 2. The molecule has 0 aromatic heterocycles. The number of sulfonamides is 1. The Morgan fingerprint density at radius 1 is 1.12 bits per heavy atom. The maximum atomic E-state index is 13.7. The Hall–Kier alpha value is -2.36. The van der Waals surface area contributed by atoms with E-state index in [4.69, 9.17) is 23.2 Å². The first-order valence-corrected chi connectivity index (χ1v) is 12.3. The number of benzene rings is 2. The lowest BCUT2D eigenvalue weighted by atomic mass is 10.1. The van der Waals surface area contributed by atoms with Gasteiger partial charge in [-0.25, -0.2) is 12.8 Å². The van der Waals surface area contributed by atoms with Crippen molar-refractivity contribution in [3.63, 3.8) is 0 Å². The third-order valence-corrected chi connectivity index (χ3v) is 6.51. The second kappa shape index (κ2) is 11.0. The molecule has 0 bridgehead atoms. The van der Waals surface area contributed by atoms with Crippen LogP contribution in [0.3, 0.4) is 0 Å². The van der Waals surface area contributed by atoms with E-state index in [0.717, 1.165) is 16.6 Å².